The van der Waals surface area contributed by atoms with Crippen molar-refractivity contribution < 1.29 is 17.9 Å². The minimum absolute atomic E-state index is 0.132. The van der Waals surface area contributed by atoms with Crippen molar-refractivity contribution in [2.24, 2.45) is 0 Å². The smallest absolute Gasteiger partial charge is 0.264 e. The number of carbonyl (C=O) groups excluding carboxylic acids is 1. The molecule has 1 amide bonds. The topological polar surface area (TPSA) is 75.7 Å². The number of para-hydroxylation sites is 1. The fourth-order valence-electron chi connectivity index (χ4n) is 2.85. The van der Waals surface area contributed by atoms with Crippen molar-refractivity contribution >= 4 is 33.2 Å². The highest BCUT2D eigenvalue weighted by molar-refractivity contribution is 7.92. The molecular weight excluding hydrogens is 424 g/mol. The van der Waals surface area contributed by atoms with Gasteiger partial charge in [0.15, 0.2) is 0 Å². The van der Waals surface area contributed by atoms with Gasteiger partial charge in [-0.1, -0.05) is 29.8 Å². The third kappa shape index (κ3) is 4.75. The summed E-state index contributed by atoms with van der Waals surface area (Å²) in [6.07, 6.45) is 0. The summed E-state index contributed by atoms with van der Waals surface area (Å²) >= 11 is 5.83. The van der Waals surface area contributed by atoms with Crippen LogP contribution in [0.3, 0.4) is 0 Å². The molecule has 0 heterocycles. The number of carbonyl (C=O) groups is 1. The minimum atomic E-state index is -3.74. The Labute approximate surface area is 181 Å². The summed E-state index contributed by atoms with van der Waals surface area (Å²) in [5, 5.41) is 3.30. The molecule has 1 N–H and O–H groups in total. The molecule has 0 atom stereocenters. The summed E-state index contributed by atoms with van der Waals surface area (Å²) in [7, 11) is -0.699. The Morgan fingerprint density at radius 1 is 1.00 bits per heavy atom. The number of amides is 1. The molecule has 6 nitrogen and oxygen atoms in total. The number of anilines is 1. The SMILES string of the molecule is COc1ccccc1CNC(=O)c1ccc(N(C)S(=O)(=O)c2ccc(Cl)cc2)cc1. The fourth-order valence-corrected chi connectivity index (χ4v) is 4.17. The van der Waals surface area contributed by atoms with Crippen molar-refractivity contribution in [3.05, 3.63) is 88.9 Å². The van der Waals surface area contributed by atoms with Crippen LogP contribution in [0.4, 0.5) is 5.69 Å². The lowest BCUT2D eigenvalue weighted by atomic mass is 10.1. The lowest BCUT2D eigenvalue weighted by molar-refractivity contribution is 0.0950. The third-order valence-corrected chi connectivity index (χ3v) is 6.65. The van der Waals surface area contributed by atoms with E-state index in [1.807, 2.05) is 24.3 Å². The van der Waals surface area contributed by atoms with Crippen LogP contribution in [0.5, 0.6) is 5.75 Å². The Hall–Kier alpha value is -3.03. The second-order valence-corrected chi connectivity index (χ2v) is 8.87. The van der Waals surface area contributed by atoms with Crippen LogP contribution in [-0.2, 0) is 16.6 Å². The van der Waals surface area contributed by atoms with Gasteiger partial charge in [0.2, 0.25) is 0 Å². The Kier molecular flexibility index (Phi) is 6.64. The molecule has 0 aromatic heterocycles. The zero-order valence-corrected chi connectivity index (χ0v) is 18.1. The number of ether oxygens (including phenoxy) is 1. The van der Waals surface area contributed by atoms with Gasteiger partial charge in [-0.15, -0.1) is 0 Å². The number of sulfonamides is 1. The van der Waals surface area contributed by atoms with Gasteiger partial charge in [0.25, 0.3) is 15.9 Å². The molecule has 0 fully saturated rings. The molecule has 0 aliphatic carbocycles. The predicted octanol–water partition coefficient (Wildman–Crippen LogP) is 4.10. The van der Waals surface area contributed by atoms with Gasteiger partial charge in [-0.05, 0) is 54.6 Å². The van der Waals surface area contributed by atoms with Crippen LogP contribution in [0.15, 0.2) is 77.7 Å². The van der Waals surface area contributed by atoms with Crippen molar-refractivity contribution in [2.45, 2.75) is 11.4 Å². The summed E-state index contributed by atoms with van der Waals surface area (Å²) in [5.41, 5.74) is 1.72. The Morgan fingerprint density at radius 2 is 1.63 bits per heavy atom. The van der Waals surface area contributed by atoms with Crippen LogP contribution < -0.4 is 14.4 Å². The molecule has 0 spiro atoms. The number of nitrogens with zero attached hydrogens (tertiary/aromatic N) is 1. The molecule has 0 bridgehead atoms. The Morgan fingerprint density at radius 3 is 2.27 bits per heavy atom. The summed E-state index contributed by atoms with van der Waals surface area (Å²) in [5.74, 6) is 0.429. The number of nitrogens with one attached hydrogen (secondary N) is 1. The first-order chi connectivity index (χ1) is 14.3. The lowest BCUT2D eigenvalue weighted by Crippen LogP contribution is -2.27. The molecule has 3 rings (SSSR count). The quantitative estimate of drug-likeness (QED) is 0.595. The van der Waals surface area contributed by atoms with E-state index in [2.05, 4.69) is 5.32 Å². The van der Waals surface area contributed by atoms with Gasteiger partial charge in [-0.2, -0.15) is 0 Å². The number of benzene rings is 3. The monoisotopic (exact) mass is 444 g/mol. The Balaban J connectivity index is 1.70. The first-order valence-corrected chi connectivity index (χ1v) is 10.9. The van der Waals surface area contributed by atoms with Crippen LogP contribution in [0.2, 0.25) is 5.02 Å². The van der Waals surface area contributed by atoms with Crippen molar-refractivity contribution in [1.29, 1.82) is 0 Å². The molecule has 30 heavy (non-hydrogen) atoms. The predicted molar refractivity (Wildman–Crippen MR) is 118 cm³/mol. The highest BCUT2D eigenvalue weighted by Crippen LogP contribution is 2.24. The van der Waals surface area contributed by atoms with Gasteiger partial charge >= 0.3 is 0 Å². The number of methoxy groups -OCH3 is 1. The van der Waals surface area contributed by atoms with E-state index in [1.165, 1.54) is 31.3 Å². The van der Waals surface area contributed by atoms with Crippen LogP contribution in [0, 0.1) is 0 Å². The average Bonchev–Trinajstić information content (AvgIpc) is 2.77. The molecule has 0 aliphatic heterocycles. The molecule has 3 aromatic carbocycles. The van der Waals surface area contributed by atoms with Crippen molar-refractivity contribution in [1.82, 2.24) is 5.32 Å². The van der Waals surface area contributed by atoms with Gasteiger partial charge in [0.05, 0.1) is 17.7 Å². The van der Waals surface area contributed by atoms with Crippen LogP contribution in [-0.4, -0.2) is 28.5 Å². The first kappa shape index (κ1) is 21.7. The first-order valence-electron chi connectivity index (χ1n) is 9.07. The summed E-state index contributed by atoms with van der Waals surface area (Å²) in [6.45, 7) is 0.315. The number of rotatable bonds is 7. The molecule has 0 unspecified atom stereocenters. The van der Waals surface area contributed by atoms with E-state index >= 15 is 0 Å². The highest BCUT2D eigenvalue weighted by Gasteiger charge is 2.21. The zero-order chi connectivity index (χ0) is 21.7. The number of hydrogen-bond donors (Lipinski definition) is 1. The van der Waals surface area contributed by atoms with E-state index in [-0.39, 0.29) is 10.8 Å². The highest BCUT2D eigenvalue weighted by atomic mass is 35.5. The molecular formula is C22H21ClN2O4S. The van der Waals surface area contributed by atoms with Crippen molar-refractivity contribution in [2.75, 3.05) is 18.5 Å². The molecule has 8 heteroatoms. The molecule has 0 aliphatic rings. The second kappa shape index (κ2) is 9.19. The van der Waals surface area contributed by atoms with Gasteiger partial charge < -0.3 is 10.1 Å². The molecule has 0 radical (unpaired) electrons. The third-order valence-electron chi connectivity index (χ3n) is 4.60. The molecule has 0 saturated heterocycles. The van der Waals surface area contributed by atoms with E-state index in [4.69, 9.17) is 16.3 Å². The van der Waals surface area contributed by atoms with E-state index in [1.54, 1.807) is 31.4 Å². The largest absolute Gasteiger partial charge is 0.496 e. The molecule has 3 aromatic rings. The lowest BCUT2D eigenvalue weighted by Gasteiger charge is -2.20. The van der Waals surface area contributed by atoms with Crippen molar-refractivity contribution in [3.63, 3.8) is 0 Å². The normalized spacial score (nSPS) is 11.0. The zero-order valence-electron chi connectivity index (χ0n) is 16.5. The summed E-state index contributed by atoms with van der Waals surface area (Å²) < 4.78 is 32.0. The van der Waals surface area contributed by atoms with Gasteiger partial charge in [-0.25, -0.2) is 8.42 Å². The van der Waals surface area contributed by atoms with Crippen molar-refractivity contribution in [3.8, 4) is 5.75 Å². The maximum atomic E-state index is 12.8. The number of halogens is 1. The average molecular weight is 445 g/mol. The minimum Gasteiger partial charge on any atom is -0.496 e. The van der Waals surface area contributed by atoms with Gasteiger partial charge in [0, 0.05) is 29.7 Å². The maximum Gasteiger partial charge on any atom is 0.264 e. The van der Waals surface area contributed by atoms with E-state index < -0.39 is 10.0 Å². The van der Waals surface area contributed by atoms with Gasteiger partial charge in [0.1, 0.15) is 5.75 Å². The van der Waals surface area contributed by atoms with E-state index in [9.17, 15) is 13.2 Å². The summed E-state index contributed by atoms with van der Waals surface area (Å²) in [4.78, 5) is 12.6. The molecule has 0 saturated carbocycles. The number of hydrogen-bond acceptors (Lipinski definition) is 4. The Bertz CT molecular complexity index is 1130. The maximum absolute atomic E-state index is 12.8. The van der Waals surface area contributed by atoms with Crippen LogP contribution >= 0.6 is 11.6 Å². The van der Waals surface area contributed by atoms with Crippen LogP contribution in [0.25, 0.3) is 0 Å². The standard InChI is InChI=1S/C22H21ClN2O4S/c1-25(30(27,28)20-13-9-18(23)10-14-20)19-11-7-16(8-12-19)22(26)24-15-17-5-3-4-6-21(17)29-2/h3-14H,15H2,1-2H3,(H,24,26). The van der Waals surface area contributed by atoms with Gasteiger partial charge in [-0.3, -0.25) is 9.10 Å². The molecule has 156 valence electrons. The second-order valence-electron chi connectivity index (χ2n) is 6.47. The summed E-state index contributed by atoms with van der Waals surface area (Å²) in [6, 6.07) is 19.7. The fraction of sp³-hybridized carbons (Fsp3) is 0.136. The van der Waals surface area contributed by atoms with Crippen LogP contribution in [0.1, 0.15) is 15.9 Å². The van der Waals surface area contributed by atoms with E-state index in [0.717, 1.165) is 9.87 Å². The van der Waals surface area contributed by atoms with E-state index in [0.29, 0.717) is 28.6 Å².